The Kier molecular flexibility index (Phi) is 5.22. The van der Waals surface area contributed by atoms with Crippen molar-refractivity contribution in [2.24, 2.45) is 0 Å². The van der Waals surface area contributed by atoms with Crippen LogP contribution in [0.5, 0.6) is 0 Å². The fraction of sp³-hybridized carbons (Fsp3) is 0.273. The molecule has 0 heterocycles. The maximum atomic E-state index is 10.8. The lowest BCUT2D eigenvalue weighted by Gasteiger charge is -1.96. The molecule has 0 saturated heterocycles. The second kappa shape index (κ2) is 5.91. The van der Waals surface area contributed by atoms with E-state index in [4.69, 9.17) is 5.11 Å². The van der Waals surface area contributed by atoms with Crippen LogP contribution in [0.1, 0.15) is 41.5 Å². The Balaban J connectivity index is 0.000000791. The highest BCUT2D eigenvalue weighted by atomic mass is 16.4. The number of rotatable bonds is 2. The number of hydrogen-bond donors (Lipinski definition) is 1. The molecular formula is C11H14O3. The number of ketones is 1. The van der Waals surface area contributed by atoms with Crippen LogP contribution in [0.4, 0.5) is 0 Å². The fourth-order valence-corrected chi connectivity index (χ4v) is 0.871. The van der Waals surface area contributed by atoms with Crippen LogP contribution in [0, 0.1) is 0 Å². The third-order valence-corrected chi connectivity index (χ3v) is 1.52. The average molecular weight is 194 g/mol. The van der Waals surface area contributed by atoms with Gasteiger partial charge in [-0.1, -0.05) is 26.0 Å². The van der Waals surface area contributed by atoms with Crippen molar-refractivity contribution in [3.05, 3.63) is 35.4 Å². The van der Waals surface area contributed by atoms with Gasteiger partial charge in [0.25, 0.3) is 0 Å². The largest absolute Gasteiger partial charge is 0.478 e. The molecule has 0 saturated carbocycles. The Hall–Kier alpha value is -1.64. The fourth-order valence-electron chi connectivity index (χ4n) is 0.871. The van der Waals surface area contributed by atoms with Crippen LogP contribution >= 0.6 is 0 Å². The van der Waals surface area contributed by atoms with E-state index in [1.807, 2.05) is 13.8 Å². The maximum Gasteiger partial charge on any atom is 0.335 e. The van der Waals surface area contributed by atoms with Crippen LogP contribution in [0.2, 0.25) is 0 Å². The predicted octanol–water partition coefficient (Wildman–Crippen LogP) is 2.61. The molecule has 76 valence electrons. The van der Waals surface area contributed by atoms with Crippen LogP contribution in [-0.2, 0) is 0 Å². The molecule has 0 radical (unpaired) electrons. The summed E-state index contributed by atoms with van der Waals surface area (Å²) < 4.78 is 0. The first-order valence-electron chi connectivity index (χ1n) is 4.45. The van der Waals surface area contributed by atoms with Crippen molar-refractivity contribution >= 4 is 11.8 Å². The summed E-state index contributed by atoms with van der Waals surface area (Å²) in [5.41, 5.74) is 0.567. The van der Waals surface area contributed by atoms with E-state index in [1.54, 1.807) is 12.1 Å². The van der Waals surface area contributed by atoms with Gasteiger partial charge >= 0.3 is 5.97 Å². The lowest BCUT2D eigenvalue weighted by molar-refractivity contribution is 0.0697. The minimum atomic E-state index is -1.02. The van der Waals surface area contributed by atoms with Crippen molar-refractivity contribution in [1.82, 2.24) is 0 Å². The summed E-state index contributed by atoms with van der Waals surface area (Å²) in [6, 6.07) is 5.97. The minimum absolute atomic E-state index is 0.127. The van der Waals surface area contributed by atoms with Gasteiger partial charge in [-0.2, -0.15) is 0 Å². The molecule has 0 atom stereocenters. The van der Waals surface area contributed by atoms with Gasteiger partial charge in [-0.25, -0.2) is 4.79 Å². The molecule has 0 amide bonds. The molecule has 0 fully saturated rings. The van der Waals surface area contributed by atoms with Gasteiger partial charge in [0.2, 0.25) is 0 Å². The molecular weight excluding hydrogens is 180 g/mol. The highest BCUT2D eigenvalue weighted by molar-refractivity contribution is 5.97. The summed E-state index contributed by atoms with van der Waals surface area (Å²) in [6.45, 7) is 5.40. The second-order valence-corrected chi connectivity index (χ2v) is 2.44. The summed E-state index contributed by atoms with van der Waals surface area (Å²) in [6.07, 6.45) is 0. The van der Waals surface area contributed by atoms with E-state index in [0.29, 0.717) is 5.56 Å². The quantitative estimate of drug-likeness (QED) is 0.736. The van der Waals surface area contributed by atoms with Crippen molar-refractivity contribution < 1.29 is 14.7 Å². The highest BCUT2D eigenvalue weighted by Gasteiger charge is 2.04. The summed E-state index contributed by atoms with van der Waals surface area (Å²) >= 11 is 0. The van der Waals surface area contributed by atoms with Gasteiger partial charge in [0.05, 0.1) is 5.56 Å². The van der Waals surface area contributed by atoms with Crippen LogP contribution in [0.15, 0.2) is 24.3 Å². The normalized spacial score (nSPS) is 8.50. The molecule has 0 bridgehead atoms. The third-order valence-electron chi connectivity index (χ3n) is 1.52. The van der Waals surface area contributed by atoms with Crippen LogP contribution in [0.25, 0.3) is 0 Å². The van der Waals surface area contributed by atoms with Gasteiger partial charge in [0, 0.05) is 5.56 Å². The molecule has 0 spiro atoms. The minimum Gasteiger partial charge on any atom is -0.478 e. The van der Waals surface area contributed by atoms with E-state index in [0.717, 1.165) is 0 Å². The summed E-state index contributed by atoms with van der Waals surface area (Å²) in [7, 11) is 0. The van der Waals surface area contributed by atoms with E-state index in [1.165, 1.54) is 19.1 Å². The summed E-state index contributed by atoms with van der Waals surface area (Å²) in [5, 5.41) is 8.58. The van der Waals surface area contributed by atoms with Gasteiger partial charge in [0.15, 0.2) is 5.78 Å². The van der Waals surface area contributed by atoms with Gasteiger partial charge in [-0.05, 0) is 19.1 Å². The smallest absolute Gasteiger partial charge is 0.335 e. The Labute approximate surface area is 83.4 Å². The molecule has 3 heteroatoms. The highest BCUT2D eigenvalue weighted by Crippen LogP contribution is 2.05. The molecule has 0 aliphatic heterocycles. The van der Waals surface area contributed by atoms with Crippen LogP contribution in [-0.4, -0.2) is 16.9 Å². The lowest BCUT2D eigenvalue weighted by atomic mass is 10.1. The zero-order valence-electron chi connectivity index (χ0n) is 8.57. The second-order valence-electron chi connectivity index (χ2n) is 2.44. The van der Waals surface area contributed by atoms with Crippen LogP contribution in [0.3, 0.4) is 0 Å². The van der Waals surface area contributed by atoms with Crippen molar-refractivity contribution in [1.29, 1.82) is 0 Å². The number of carboxylic acids is 1. The molecule has 1 aromatic rings. The van der Waals surface area contributed by atoms with Gasteiger partial charge in [0.1, 0.15) is 0 Å². The van der Waals surface area contributed by atoms with Crippen LogP contribution < -0.4 is 0 Å². The van der Waals surface area contributed by atoms with Gasteiger partial charge in [-0.3, -0.25) is 4.79 Å². The van der Waals surface area contributed by atoms with E-state index >= 15 is 0 Å². The monoisotopic (exact) mass is 194 g/mol. The zero-order chi connectivity index (χ0) is 11.1. The molecule has 3 nitrogen and oxygen atoms in total. The van der Waals surface area contributed by atoms with E-state index in [2.05, 4.69) is 0 Å². The maximum absolute atomic E-state index is 10.8. The number of hydrogen-bond acceptors (Lipinski definition) is 2. The molecule has 14 heavy (non-hydrogen) atoms. The lowest BCUT2D eigenvalue weighted by Crippen LogP contribution is -1.99. The zero-order valence-corrected chi connectivity index (χ0v) is 8.57. The number of carboxylic acid groups (broad SMARTS) is 1. The predicted molar refractivity (Wildman–Crippen MR) is 54.8 cm³/mol. The first-order valence-corrected chi connectivity index (χ1v) is 4.45. The number of benzene rings is 1. The third kappa shape index (κ3) is 3.39. The molecule has 0 aromatic heterocycles. The van der Waals surface area contributed by atoms with Crippen molar-refractivity contribution in [3.8, 4) is 0 Å². The molecule has 0 aliphatic carbocycles. The van der Waals surface area contributed by atoms with Crippen molar-refractivity contribution in [2.45, 2.75) is 20.8 Å². The number of aromatic carboxylic acids is 1. The number of carbonyl (C=O) groups excluding carboxylic acids is 1. The molecule has 0 unspecified atom stereocenters. The van der Waals surface area contributed by atoms with E-state index < -0.39 is 5.97 Å². The topological polar surface area (TPSA) is 54.4 Å². The first-order chi connectivity index (χ1) is 6.61. The van der Waals surface area contributed by atoms with Crippen molar-refractivity contribution in [3.63, 3.8) is 0 Å². The SMILES string of the molecule is CC.CC(=O)c1cccc(C(=O)O)c1. The average Bonchev–Trinajstić information content (AvgIpc) is 2.21. The molecule has 0 aliphatic rings. The first kappa shape index (κ1) is 12.4. The molecule has 1 N–H and O–H groups in total. The molecule has 1 rings (SSSR count). The Morgan fingerprint density at radius 3 is 2.07 bits per heavy atom. The standard InChI is InChI=1S/C9H8O3.C2H6/c1-6(10)7-3-2-4-8(5-7)9(11)12;1-2/h2-5H,1H3,(H,11,12);1-2H3. The molecule has 1 aromatic carbocycles. The van der Waals surface area contributed by atoms with E-state index in [-0.39, 0.29) is 11.3 Å². The van der Waals surface area contributed by atoms with Crippen molar-refractivity contribution in [2.75, 3.05) is 0 Å². The summed E-state index contributed by atoms with van der Waals surface area (Å²) in [5.74, 6) is -1.14. The van der Waals surface area contributed by atoms with E-state index in [9.17, 15) is 9.59 Å². The Bertz CT molecular complexity index is 300. The Morgan fingerprint density at radius 2 is 1.64 bits per heavy atom. The van der Waals surface area contributed by atoms with Gasteiger partial charge in [-0.15, -0.1) is 0 Å². The summed E-state index contributed by atoms with van der Waals surface area (Å²) in [4.78, 5) is 21.3. The van der Waals surface area contributed by atoms with Gasteiger partial charge < -0.3 is 5.11 Å². The number of Topliss-reactive ketones (excluding diaryl/α,β-unsaturated/α-hetero) is 1. The Morgan fingerprint density at radius 1 is 1.14 bits per heavy atom. The number of carbonyl (C=O) groups is 2.